The van der Waals surface area contributed by atoms with E-state index in [2.05, 4.69) is 10.6 Å². The molecule has 100 valence electrons. The van der Waals surface area contributed by atoms with Gasteiger partial charge in [-0.3, -0.25) is 4.79 Å². The van der Waals surface area contributed by atoms with Crippen molar-refractivity contribution in [3.05, 3.63) is 29.0 Å². The molecule has 0 spiro atoms. The highest BCUT2D eigenvalue weighted by Gasteiger charge is 2.04. The van der Waals surface area contributed by atoms with E-state index in [1.807, 2.05) is 19.0 Å². The van der Waals surface area contributed by atoms with Gasteiger partial charge in [-0.2, -0.15) is 0 Å². The van der Waals surface area contributed by atoms with Gasteiger partial charge in [0.15, 0.2) is 0 Å². The Morgan fingerprint density at radius 3 is 2.78 bits per heavy atom. The number of benzene rings is 1. The van der Waals surface area contributed by atoms with Crippen molar-refractivity contribution >= 4 is 23.2 Å². The van der Waals surface area contributed by atoms with Gasteiger partial charge in [-0.25, -0.2) is 4.39 Å². The summed E-state index contributed by atoms with van der Waals surface area (Å²) in [6.45, 7) is 1.79. The van der Waals surface area contributed by atoms with Gasteiger partial charge in [0.2, 0.25) is 5.91 Å². The van der Waals surface area contributed by atoms with E-state index < -0.39 is 5.82 Å². The van der Waals surface area contributed by atoms with Crippen LogP contribution in [0.25, 0.3) is 0 Å². The third-order valence-corrected chi connectivity index (χ3v) is 2.51. The average molecular weight is 274 g/mol. The smallest absolute Gasteiger partial charge is 0.238 e. The summed E-state index contributed by atoms with van der Waals surface area (Å²) in [5.74, 6) is -0.685. The molecule has 6 heteroatoms. The second kappa shape index (κ2) is 7.31. The minimum Gasteiger partial charge on any atom is -0.325 e. The van der Waals surface area contributed by atoms with Crippen LogP contribution in [-0.4, -0.2) is 44.5 Å². The minimum atomic E-state index is -0.501. The summed E-state index contributed by atoms with van der Waals surface area (Å²) in [5.41, 5.74) is 0.487. The Kier molecular flexibility index (Phi) is 6.04. The van der Waals surface area contributed by atoms with E-state index in [-0.39, 0.29) is 17.5 Å². The predicted molar refractivity (Wildman–Crippen MR) is 71.5 cm³/mol. The van der Waals surface area contributed by atoms with Gasteiger partial charge >= 0.3 is 0 Å². The normalized spacial score (nSPS) is 10.7. The molecular weight excluding hydrogens is 257 g/mol. The molecule has 0 heterocycles. The van der Waals surface area contributed by atoms with Crippen molar-refractivity contribution in [1.82, 2.24) is 10.2 Å². The van der Waals surface area contributed by atoms with E-state index in [0.717, 1.165) is 13.1 Å². The lowest BCUT2D eigenvalue weighted by Gasteiger charge is -2.10. The number of hydrogen-bond acceptors (Lipinski definition) is 3. The van der Waals surface area contributed by atoms with E-state index in [4.69, 9.17) is 11.6 Å². The van der Waals surface area contributed by atoms with Gasteiger partial charge in [-0.15, -0.1) is 0 Å². The Balaban J connectivity index is 2.33. The first-order valence-electron chi connectivity index (χ1n) is 5.59. The summed E-state index contributed by atoms with van der Waals surface area (Å²) >= 11 is 5.61. The van der Waals surface area contributed by atoms with E-state index in [1.165, 1.54) is 18.2 Å². The molecule has 4 nitrogen and oxygen atoms in total. The zero-order chi connectivity index (χ0) is 13.5. The molecule has 1 rings (SSSR count). The molecule has 0 aliphatic heterocycles. The summed E-state index contributed by atoms with van der Waals surface area (Å²) in [5, 5.41) is 5.63. The van der Waals surface area contributed by atoms with Crippen LogP contribution in [0.1, 0.15) is 0 Å². The van der Waals surface area contributed by atoms with Crippen LogP contribution in [0.4, 0.5) is 10.1 Å². The molecule has 0 saturated heterocycles. The van der Waals surface area contributed by atoms with Gasteiger partial charge in [0.05, 0.1) is 11.6 Å². The Bertz CT molecular complexity index is 412. The first kappa shape index (κ1) is 14.9. The van der Waals surface area contributed by atoms with Gasteiger partial charge in [-0.05, 0) is 32.3 Å². The Morgan fingerprint density at radius 1 is 1.44 bits per heavy atom. The van der Waals surface area contributed by atoms with Crippen LogP contribution < -0.4 is 10.6 Å². The maximum atomic E-state index is 12.9. The number of amides is 1. The van der Waals surface area contributed by atoms with Crippen molar-refractivity contribution in [2.24, 2.45) is 0 Å². The number of carbonyl (C=O) groups excluding carboxylic acids is 1. The van der Waals surface area contributed by atoms with Gasteiger partial charge in [0.1, 0.15) is 5.82 Å². The number of nitrogens with zero attached hydrogens (tertiary/aromatic N) is 1. The Labute approximate surface area is 111 Å². The zero-order valence-electron chi connectivity index (χ0n) is 10.5. The molecule has 1 aromatic carbocycles. The molecule has 2 N–H and O–H groups in total. The summed E-state index contributed by atoms with van der Waals surface area (Å²) < 4.78 is 12.9. The molecule has 0 aromatic heterocycles. The molecule has 1 amide bonds. The first-order chi connectivity index (χ1) is 8.49. The summed E-state index contributed by atoms with van der Waals surface area (Å²) in [7, 11) is 3.92. The third-order valence-electron chi connectivity index (χ3n) is 2.22. The monoisotopic (exact) mass is 273 g/mol. The van der Waals surface area contributed by atoms with Crippen molar-refractivity contribution in [3.8, 4) is 0 Å². The highest BCUT2D eigenvalue weighted by Crippen LogP contribution is 2.18. The van der Waals surface area contributed by atoms with E-state index in [1.54, 1.807) is 0 Å². The number of hydrogen-bond donors (Lipinski definition) is 2. The SMILES string of the molecule is CN(C)CCNCC(=O)Nc1ccc(F)c(Cl)c1. The standard InChI is InChI=1S/C12H17ClFN3O/c1-17(2)6-5-15-8-12(18)16-9-3-4-11(14)10(13)7-9/h3-4,7,15H,5-6,8H2,1-2H3,(H,16,18). The molecular formula is C12H17ClFN3O. The Hall–Kier alpha value is -1.17. The highest BCUT2D eigenvalue weighted by atomic mass is 35.5. The van der Waals surface area contributed by atoms with Gasteiger partial charge in [0, 0.05) is 18.8 Å². The lowest BCUT2D eigenvalue weighted by atomic mass is 10.3. The molecule has 1 aromatic rings. The fourth-order valence-corrected chi connectivity index (χ4v) is 1.46. The van der Waals surface area contributed by atoms with Crippen LogP contribution in [0.15, 0.2) is 18.2 Å². The number of carbonyl (C=O) groups is 1. The van der Waals surface area contributed by atoms with Gasteiger partial charge < -0.3 is 15.5 Å². The molecule has 0 unspecified atom stereocenters. The van der Waals surface area contributed by atoms with Gasteiger partial charge in [0.25, 0.3) is 0 Å². The second-order valence-corrected chi connectivity index (χ2v) is 4.56. The fourth-order valence-electron chi connectivity index (χ4n) is 1.28. The summed E-state index contributed by atoms with van der Waals surface area (Å²) in [6, 6.07) is 4.07. The predicted octanol–water partition coefficient (Wildman–Crippen LogP) is 1.57. The van der Waals surface area contributed by atoms with Crippen molar-refractivity contribution in [3.63, 3.8) is 0 Å². The topological polar surface area (TPSA) is 44.4 Å². The maximum absolute atomic E-state index is 12.9. The molecule has 0 bridgehead atoms. The number of nitrogens with one attached hydrogen (secondary N) is 2. The Morgan fingerprint density at radius 2 is 2.17 bits per heavy atom. The molecule has 0 saturated carbocycles. The van der Waals surface area contributed by atoms with E-state index in [9.17, 15) is 9.18 Å². The van der Waals surface area contributed by atoms with Crippen molar-refractivity contribution in [2.45, 2.75) is 0 Å². The van der Waals surface area contributed by atoms with Gasteiger partial charge in [-0.1, -0.05) is 11.6 Å². The second-order valence-electron chi connectivity index (χ2n) is 4.16. The van der Waals surface area contributed by atoms with Crippen LogP contribution in [0.3, 0.4) is 0 Å². The van der Waals surface area contributed by atoms with Crippen LogP contribution in [0.2, 0.25) is 5.02 Å². The lowest BCUT2D eigenvalue weighted by molar-refractivity contribution is -0.115. The first-order valence-corrected chi connectivity index (χ1v) is 5.97. The van der Waals surface area contributed by atoms with Crippen LogP contribution in [0, 0.1) is 5.82 Å². The van der Waals surface area contributed by atoms with E-state index in [0.29, 0.717) is 5.69 Å². The quantitative estimate of drug-likeness (QED) is 0.774. The molecule has 0 radical (unpaired) electrons. The number of anilines is 1. The van der Waals surface area contributed by atoms with E-state index >= 15 is 0 Å². The summed E-state index contributed by atoms with van der Waals surface area (Å²) in [4.78, 5) is 13.5. The zero-order valence-corrected chi connectivity index (χ0v) is 11.2. The summed E-state index contributed by atoms with van der Waals surface area (Å²) in [6.07, 6.45) is 0. The largest absolute Gasteiger partial charge is 0.325 e. The maximum Gasteiger partial charge on any atom is 0.238 e. The molecule has 0 aliphatic rings. The van der Waals surface area contributed by atoms with Crippen LogP contribution in [0.5, 0.6) is 0 Å². The van der Waals surface area contributed by atoms with Crippen LogP contribution >= 0.6 is 11.6 Å². The molecule has 0 atom stereocenters. The molecule has 0 aliphatic carbocycles. The van der Waals surface area contributed by atoms with Crippen molar-refractivity contribution < 1.29 is 9.18 Å². The fraction of sp³-hybridized carbons (Fsp3) is 0.417. The number of rotatable bonds is 6. The number of likely N-dealkylation sites (N-methyl/N-ethyl adjacent to an activating group) is 1. The average Bonchev–Trinajstić information content (AvgIpc) is 2.29. The van der Waals surface area contributed by atoms with Crippen molar-refractivity contribution in [1.29, 1.82) is 0 Å². The third kappa shape index (κ3) is 5.44. The van der Waals surface area contributed by atoms with Crippen molar-refractivity contribution in [2.75, 3.05) is 39.0 Å². The lowest BCUT2D eigenvalue weighted by Crippen LogP contribution is -2.33. The number of halogens is 2. The molecule has 0 fully saturated rings. The highest BCUT2D eigenvalue weighted by molar-refractivity contribution is 6.31. The van der Waals surface area contributed by atoms with Crippen LogP contribution in [-0.2, 0) is 4.79 Å². The molecule has 18 heavy (non-hydrogen) atoms. The minimum absolute atomic E-state index is 0.00614.